The van der Waals surface area contributed by atoms with Crippen molar-refractivity contribution in [3.63, 3.8) is 0 Å². The number of ether oxygens (including phenoxy) is 2. The zero-order valence-electron chi connectivity index (χ0n) is 21.1. The molecule has 2 aliphatic heterocycles. The number of hydrogen-bond donors (Lipinski definition) is 0. The van der Waals surface area contributed by atoms with Gasteiger partial charge in [-0.2, -0.15) is 15.2 Å². The summed E-state index contributed by atoms with van der Waals surface area (Å²) < 4.78 is 44.9. The first kappa shape index (κ1) is 23.7. The molecule has 2 saturated heterocycles. The van der Waals surface area contributed by atoms with Gasteiger partial charge in [-0.1, -0.05) is 0 Å². The Morgan fingerprint density at radius 1 is 1.00 bits per heavy atom. The highest BCUT2D eigenvalue weighted by Crippen LogP contribution is 2.37. The Kier molecular flexibility index (Phi) is 5.85. The van der Waals surface area contributed by atoms with E-state index in [0.717, 1.165) is 43.7 Å². The van der Waals surface area contributed by atoms with E-state index in [9.17, 15) is 4.39 Å². The van der Waals surface area contributed by atoms with E-state index in [4.69, 9.17) is 19.4 Å². The van der Waals surface area contributed by atoms with Gasteiger partial charge in [0, 0.05) is 36.5 Å². The standard InChI is InChI=1S/C27H29F2N7O2/c1-16-13-34(15-23(38-16)17-11-30-35(14-17)19-6-7-19)27-32-25(20-8-5-18(28)10-22(20)29)21-12-31-36(26(21)33-27)24-4-2-3-9-37-24/h5,8,10-12,14,16,19,23-24H,2-4,6-7,9,13,15H2,1H3/t16-,23-,24?/m1/s1. The minimum Gasteiger partial charge on any atom is -0.367 e. The third kappa shape index (κ3) is 4.33. The number of rotatable bonds is 5. The normalized spacial score (nSPS) is 24.3. The molecule has 3 fully saturated rings. The van der Waals surface area contributed by atoms with Crippen LogP contribution in [-0.4, -0.2) is 55.3 Å². The maximum absolute atomic E-state index is 15.0. The summed E-state index contributed by atoms with van der Waals surface area (Å²) in [4.78, 5) is 11.8. The molecule has 0 bridgehead atoms. The third-order valence-electron chi connectivity index (χ3n) is 7.51. The molecule has 5 heterocycles. The van der Waals surface area contributed by atoms with E-state index >= 15 is 4.39 Å². The quantitative estimate of drug-likeness (QED) is 0.367. The molecule has 9 nitrogen and oxygen atoms in total. The number of halogens is 2. The molecular weight excluding hydrogens is 492 g/mol. The van der Waals surface area contributed by atoms with Crippen molar-refractivity contribution < 1.29 is 18.3 Å². The summed E-state index contributed by atoms with van der Waals surface area (Å²) in [5, 5.41) is 9.71. The van der Waals surface area contributed by atoms with Gasteiger partial charge in [0.25, 0.3) is 0 Å². The lowest BCUT2D eigenvalue weighted by Gasteiger charge is -2.36. The lowest BCUT2D eigenvalue weighted by Crippen LogP contribution is -2.43. The lowest BCUT2D eigenvalue weighted by molar-refractivity contribution is -0.0370. The van der Waals surface area contributed by atoms with E-state index in [-0.39, 0.29) is 24.0 Å². The molecule has 0 radical (unpaired) electrons. The van der Waals surface area contributed by atoms with E-state index in [1.54, 1.807) is 10.9 Å². The first-order valence-electron chi connectivity index (χ1n) is 13.3. The average molecular weight is 522 g/mol. The number of fused-ring (bicyclic) bond motifs is 1. The lowest BCUT2D eigenvalue weighted by atomic mass is 10.1. The van der Waals surface area contributed by atoms with Gasteiger partial charge in [0.1, 0.15) is 17.7 Å². The van der Waals surface area contributed by atoms with Gasteiger partial charge in [-0.3, -0.25) is 4.68 Å². The van der Waals surface area contributed by atoms with Crippen LogP contribution in [0.2, 0.25) is 0 Å². The Morgan fingerprint density at radius 2 is 1.89 bits per heavy atom. The van der Waals surface area contributed by atoms with E-state index in [2.05, 4.69) is 21.3 Å². The molecule has 1 saturated carbocycles. The first-order valence-corrected chi connectivity index (χ1v) is 13.3. The topological polar surface area (TPSA) is 83.1 Å². The van der Waals surface area contributed by atoms with Crippen molar-refractivity contribution in [1.82, 2.24) is 29.5 Å². The Bertz CT molecular complexity index is 1480. The molecule has 198 valence electrons. The van der Waals surface area contributed by atoms with Crippen LogP contribution in [0.15, 0.2) is 36.8 Å². The molecule has 0 amide bonds. The van der Waals surface area contributed by atoms with Crippen LogP contribution >= 0.6 is 0 Å². The van der Waals surface area contributed by atoms with Crippen molar-refractivity contribution in [1.29, 1.82) is 0 Å². The fourth-order valence-electron chi connectivity index (χ4n) is 5.43. The van der Waals surface area contributed by atoms with Crippen LogP contribution in [0.4, 0.5) is 14.7 Å². The van der Waals surface area contributed by atoms with Crippen LogP contribution in [0.5, 0.6) is 0 Å². The molecule has 3 aromatic heterocycles. The third-order valence-corrected chi connectivity index (χ3v) is 7.51. The zero-order chi connectivity index (χ0) is 25.8. The summed E-state index contributed by atoms with van der Waals surface area (Å²) >= 11 is 0. The van der Waals surface area contributed by atoms with Crippen LogP contribution in [0, 0.1) is 11.6 Å². The highest BCUT2D eigenvalue weighted by atomic mass is 19.1. The summed E-state index contributed by atoms with van der Waals surface area (Å²) in [6.45, 7) is 3.76. The second kappa shape index (κ2) is 9.39. The van der Waals surface area contributed by atoms with Crippen molar-refractivity contribution in [3.8, 4) is 11.3 Å². The summed E-state index contributed by atoms with van der Waals surface area (Å²) in [6.07, 6.45) is 10.2. The van der Waals surface area contributed by atoms with Crippen LogP contribution in [-0.2, 0) is 9.47 Å². The van der Waals surface area contributed by atoms with Crippen LogP contribution in [0.3, 0.4) is 0 Å². The van der Waals surface area contributed by atoms with Gasteiger partial charge in [0.05, 0.1) is 42.2 Å². The van der Waals surface area contributed by atoms with E-state index < -0.39 is 11.6 Å². The average Bonchev–Trinajstić information content (AvgIpc) is 3.48. The molecule has 0 spiro atoms. The smallest absolute Gasteiger partial charge is 0.228 e. The first-order chi connectivity index (χ1) is 18.5. The highest BCUT2D eigenvalue weighted by Gasteiger charge is 2.32. The van der Waals surface area contributed by atoms with E-state index in [1.165, 1.54) is 12.1 Å². The summed E-state index contributed by atoms with van der Waals surface area (Å²) in [7, 11) is 0. The maximum atomic E-state index is 15.0. The zero-order valence-corrected chi connectivity index (χ0v) is 21.1. The summed E-state index contributed by atoms with van der Waals surface area (Å²) in [5.41, 5.74) is 2.16. The molecule has 1 aromatic carbocycles. The monoisotopic (exact) mass is 521 g/mol. The summed E-state index contributed by atoms with van der Waals surface area (Å²) in [5.74, 6) is -0.874. The second-order valence-electron chi connectivity index (χ2n) is 10.5. The Labute approximate surface area is 218 Å². The van der Waals surface area contributed by atoms with Crippen LogP contribution in [0.25, 0.3) is 22.3 Å². The van der Waals surface area contributed by atoms with E-state index in [1.807, 2.05) is 17.8 Å². The van der Waals surface area contributed by atoms with Crippen LogP contribution < -0.4 is 4.90 Å². The Balaban J connectivity index is 1.31. The predicted molar refractivity (Wildman–Crippen MR) is 136 cm³/mol. The number of hydrogen-bond acceptors (Lipinski definition) is 7. The minimum absolute atomic E-state index is 0.0880. The fraction of sp³-hybridized carbons (Fsp3) is 0.481. The van der Waals surface area contributed by atoms with E-state index in [0.29, 0.717) is 48.4 Å². The second-order valence-corrected chi connectivity index (χ2v) is 10.5. The molecule has 38 heavy (non-hydrogen) atoms. The maximum Gasteiger partial charge on any atom is 0.228 e. The molecule has 3 aliphatic rings. The number of morpholine rings is 1. The highest BCUT2D eigenvalue weighted by molar-refractivity contribution is 5.91. The van der Waals surface area contributed by atoms with Gasteiger partial charge in [0.15, 0.2) is 11.9 Å². The fourth-order valence-corrected chi connectivity index (χ4v) is 5.43. The van der Waals surface area contributed by atoms with Gasteiger partial charge in [-0.15, -0.1) is 0 Å². The van der Waals surface area contributed by atoms with Gasteiger partial charge in [-0.25, -0.2) is 18.4 Å². The molecule has 1 unspecified atom stereocenters. The molecular formula is C27H29F2N7O2. The van der Waals surface area contributed by atoms with Gasteiger partial charge in [-0.05, 0) is 51.2 Å². The molecule has 7 rings (SSSR count). The van der Waals surface area contributed by atoms with Crippen LogP contribution in [0.1, 0.15) is 63.0 Å². The number of aromatic nitrogens is 6. The number of benzene rings is 1. The summed E-state index contributed by atoms with van der Waals surface area (Å²) in [6, 6.07) is 4.02. The van der Waals surface area contributed by atoms with Crippen molar-refractivity contribution in [2.45, 2.75) is 63.5 Å². The van der Waals surface area contributed by atoms with Crippen molar-refractivity contribution in [2.24, 2.45) is 0 Å². The largest absolute Gasteiger partial charge is 0.367 e. The van der Waals surface area contributed by atoms with Crippen molar-refractivity contribution in [2.75, 3.05) is 24.6 Å². The van der Waals surface area contributed by atoms with Gasteiger partial charge in [0.2, 0.25) is 5.95 Å². The van der Waals surface area contributed by atoms with Gasteiger partial charge >= 0.3 is 0 Å². The molecule has 11 heteroatoms. The van der Waals surface area contributed by atoms with Gasteiger partial charge < -0.3 is 14.4 Å². The Hall–Kier alpha value is -3.44. The van der Waals surface area contributed by atoms with Crippen molar-refractivity contribution >= 4 is 17.0 Å². The van der Waals surface area contributed by atoms with Crippen molar-refractivity contribution in [3.05, 3.63) is 54.0 Å². The molecule has 1 aliphatic carbocycles. The molecule has 3 atom stereocenters. The number of anilines is 1. The minimum atomic E-state index is -0.682. The number of nitrogens with zero attached hydrogens (tertiary/aromatic N) is 7. The molecule has 4 aromatic rings. The Morgan fingerprint density at radius 3 is 2.68 bits per heavy atom. The predicted octanol–water partition coefficient (Wildman–Crippen LogP) is 4.97. The molecule has 0 N–H and O–H groups in total. The SMILES string of the molecule is C[C@@H]1CN(c2nc(-c3ccc(F)cc3F)c3cnn(C4CCCCO4)c3n2)C[C@H](c2cnn(C3CC3)c2)O1.